The molecule has 0 bridgehead atoms. The maximum atomic E-state index is 13.8. The van der Waals surface area contributed by atoms with E-state index in [0.29, 0.717) is 13.0 Å². The molecule has 0 aliphatic rings. The molecule has 2 N–H and O–H groups in total. The summed E-state index contributed by atoms with van der Waals surface area (Å²) in [5.74, 6) is -1.99. The number of halogens is 2. The van der Waals surface area contributed by atoms with Crippen LogP contribution < -0.4 is 10.9 Å². The van der Waals surface area contributed by atoms with E-state index in [2.05, 4.69) is 5.32 Å². The summed E-state index contributed by atoms with van der Waals surface area (Å²) < 4.78 is 27.9. The highest BCUT2D eigenvalue weighted by Gasteiger charge is 2.19. The number of hydrogen-bond donors (Lipinski definition) is 2. The zero-order chi connectivity index (χ0) is 21.0. The van der Waals surface area contributed by atoms with Crippen LogP contribution in [0.4, 0.5) is 8.78 Å². The van der Waals surface area contributed by atoms with Crippen molar-refractivity contribution in [3.8, 4) is 17.0 Å². The minimum atomic E-state index is -0.871. The number of amides is 1. The first-order chi connectivity index (χ1) is 13.9. The lowest BCUT2D eigenvalue weighted by molar-refractivity contribution is 0.0951. The Bertz CT molecular complexity index is 1100. The van der Waals surface area contributed by atoms with E-state index in [4.69, 9.17) is 0 Å². The van der Waals surface area contributed by atoms with E-state index in [0.717, 1.165) is 22.3 Å². The highest BCUT2D eigenvalue weighted by atomic mass is 19.1. The fourth-order valence-electron chi connectivity index (χ4n) is 3.07. The van der Waals surface area contributed by atoms with Crippen LogP contribution in [0, 0.1) is 5.82 Å². The largest absolute Gasteiger partial charge is 0.502 e. The van der Waals surface area contributed by atoms with Gasteiger partial charge in [-0.1, -0.05) is 30.3 Å². The van der Waals surface area contributed by atoms with Crippen molar-refractivity contribution in [1.82, 2.24) is 9.88 Å². The number of nitrogens with zero attached hydrogens (tertiary/aromatic N) is 1. The molecule has 1 amide bonds. The van der Waals surface area contributed by atoms with Gasteiger partial charge in [-0.2, -0.15) is 0 Å². The molecule has 150 valence electrons. The fourth-order valence-corrected chi connectivity index (χ4v) is 3.07. The Morgan fingerprint density at radius 1 is 1.10 bits per heavy atom. The third kappa shape index (κ3) is 4.51. The maximum Gasteiger partial charge on any atom is 0.293 e. The van der Waals surface area contributed by atoms with Gasteiger partial charge in [0.1, 0.15) is 12.5 Å². The Kier molecular flexibility index (Phi) is 6.07. The number of benzene rings is 2. The van der Waals surface area contributed by atoms with Gasteiger partial charge in [-0.15, -0.1) is 0 Å². The van der Waals surface area contributed by atoms with Crippen LogP contribution in [0.25, 0.3) is 11.3 Å². The lowest BCUT2D eigenvalue weighted by atomic mass is 10.0. The molecule has 0 radical (unpaired) electrons. The fraction of sp³-hybridized carbons (Fsp3) is 0.182. The number of aromatic hydroxyl groups is 1. The van der Waals surface area contributed by atoms with Crippen molar-refractivity contribution in [3.63, 3.8) is 0 Å². The normalized spacial score (nSPS) is 10.7. The summed E-state index contributed by atoms with van der Waals surface area (Å²) >= 11 is 0. The topological polar surface area (TPSA) is 71.3 Å². The van der Waals surface area contributed by atoms with Crippen LogP contribution in [0.1, 0.15) is 21.5 Å². The third-order valence-electron chi connectivity index (χ3n) is 4.60. The number of rotatable bonds is 6. The zero-order valence-corrected chi connectivity index (χ0v) is 15.8. The van der Waals surface area contributed by atoms with E-state index in [1.165, 1.54) is 19.2 Å². The number of hydrogen-bond acceptors (Lipinski definition) is 3. The number of alkyl halides is 1. The Labute approximate surface area is 166 Å². The molecule has 3 aromatic rings. The van der Waals surface area contributed by atoms with Crippen molar-refractivity contribution < 1.29 is 18.7 Å². The molecule has 1 heterocycles. The standard InChI is InChI=1S/C22H20F2N2O3/c1-26-19(16-9-15(13-23)10-17(24)11-16)12-18(20(27)22(26)29)21(28)25-8-7-14-5-3-2-4-6-14/h2-6,9-12,27H,7-8,13H2,1H3,(H,25,28). The zero-order valence-electron chi connectivity index (χ0n) is 15.8. The van der Waals surface area contributed by atoms with Crippen LogP contribution in [-0.4, -0.2) is 22.1 Å². The number of carbonyl (C=O) groups is 1. The molecule has 5 nitrogen and oxygen atoms in total. The van der Waals surface area contributed by atoms with Gasteiger partial charge in [-0.3, -0.25) is 9.59 Å². The molecule has 0 aliphatic heterocycles. The van der Waals surface area contributed by atoms with Crippen LogP contribution in [0.2, 0.25) is 0 Å². The Hall–Kier alpha value is -3.48. The summed E-state index contributed by atoms with van der Waals surface area (Å²) in [4.78, 5) is 24.9. The predicted molar refractivity (Wildman–Crippen MR) is 106 cm³/mol. The van der Waals surface area contributed by atoms with Gasteiger partial charge in [-0.05, 0) is 41.8 Å². The molecular formula is C22H20F2N2O3. The van der Waals surface area contributed by atoms with Gasteiger partial charge < -0.3 is 15.0 Å². The van der Waals surface area contributed by atoms with Crippen molar-refractivity contribution in [2.75, 3.05) is 6.54 Å². The first-order valence-corrected chi connectivity index (χ1v) is 9.01. The summed E-state index contributed by atoms with van der Waals surface area (Å²) in [5, 5.41) is 12.8. The second-order valence-electron chi connectivity index (χ2n) is 6.63. The molecule has 0 aliphatic carbocycles. The van der Waals surface area contributed by atoms with Crippen LogP contribution in [0.3, 0.4) is 0 Å². The minimum Gasteiger partial charge on any atom is -0.502 e. The van der Waals surface area contributed by atoms with Crippen molar-refractivity contribution in [2.24, 2.45) is 7.05 Å². The van der Waals surface area contributed by atoms with Crippen LogP contribution in [-0.2, 0) is 20.1 Å². The van der Waals surface area contributed by atoms with E-state index in [1.54, 1.807) is 0 Å². The quantitative estimate of drug-likeness (QED) is 0.669. The summed E-state index contributed by atoms with van der Waals surface area (Å²) in [6.45, 7) is -0.567. The van der Waals surface area contributed by atoms with Gasteiger partial charge in [0.15, 0.2) is 5.75 Å². The maximum absolute atomic E-state index is 13.8. The average Bonchev–Trinajstić information content (AvgIpc) is 2.72. The van der Waals surface area contributed by atoms with E-state index in [1.807, 2.05) is 30.3 Å². The highest BCUT2D eigenvalue weighted by molar-refractivity contribution is 5.97. The Morgan fingerprint density at radius 2 is 1.83 bits per heavy atom. The number of nitrogens with one attached hydrogen (secondary N) is 1. The lowest BCUT2D eigenvalue weighted by Crippen LogP contribution is -2.29. The number of carbonyl (C=O) groups excluding carboxylic acids is 1. The van der Waals surface area contributed by atoms with E-state index < -0.39 is 29.7 Å². The van der Waals surface area contributed by atoms with Crippen molar-refractivity contribution in [1.29, 1.82) is 0 Å². The van der Waals surface area contributed by atoms with E-state index >= 15 is 0 Å². The second kappa shape index (κ2) is 8.68. The van der Waals surface area contributed by atoms with Gasteiger partial charge in [0, 0.05) is 19.2 Å². The smallest absolute Gasteiger partial charge is 0.293 e. The molecule has 2 aromatic carbocycles. The second-order valence-corrected chi connectivity index (χ2v) is 6.63. The van der Waals surface area contributed by atoms with Gasteiger partial charge in [0.05, 0.1) is 11.3 Å². The molecule has 0 fully saturated rings. The molecule has 0 unspecified atom stereocenters. The Balaban J connectivity index is 1.90. The monoisotopic (exact) mass is 398 g/mol. The van der Waals surface area contributed by atoms with Gasteiger partial charge in [0.2, 0.25) is 0 Å². The average molecular weight is 398 g/mol. The van der Waals surface area contributed by atoms with Crippen molar-refractivity contribution in [2.45, 2.75) is 13.1 Å². The molecule has 0 atom stereocenters. The first kappa shape index (κ1) is 20.3. The first-order valence-electron chi connectivity index (χ1n) is 9.01. The number of pyridine rings is 1. The highest BCUT2D eigenvalue weighted by Crippen LogP contribution is 2.25. The molecule has 1 aromatic heterocycles. The predicted octanol–water partition coefficient (Wildman–Crippen LogP) is 3.34. The summed E-state index contributed by atoms with van der Waals surface area (Å²) in [6, 6.07) is 14.4. The molecule has 3 rings (SSSR count). The van der Waals surface area contributed by atoms with Gasteiger partial charge in [0.25, 0.3) is 11.5 Å². The molecule has 7 heteroatoms. The van der Waals surface area contributed by atoms with Crippen molar-refractivity contribution in [3.05, 3.63) is 87.5 Å². The van der Waals surface area contributed by atoms with E-state index in [-0.39, 0.29) is 22.4 Å². The summed E-state index contributed by atoms with van der Waals surface area (Å²) in [5.41, 5.74) is 0.532. The molecular weight excluding hydrogens is 378 g/mol. The minimum absolute atomic E-state index is 0.106. The number of aromatic nitrogens is 1. The molecule has 0 spiro atoms. The SMILES string of the molecule is Cn1c(-c2cc(F)cc(CF)c2)cc(C(=O)NCCc2ccccc2)c(O)c1=O. The van der Waals surface area contributed by atoms with Gasteiger partial charge >= 0.3 is 0 Å². The molecule has 0 saturated heterocycles. The van der Waals surface area contributed by atoms with Crippen LogP contribution in [0.15, 0.2) is 59.4 Å². The van der Waals surface area contributed by atoms with Gasteiger partial charge in [-0.25, -0.2) is 8.78 Å². The summed E-state index contributed by atoms with van der Waals surface area (Å²) in [7, 11) is 1.38. The Morgan fingerprint density at radius 3 is 2.52 bits per heavy atom. The molecule has 29 heavy (non-hydrogen) atoms. The molecule has 0 saturated carbocycles. The van der Waals surface area contributed by atoms with E-state index in [9.17, 15) is 23.5 Å². The summed E-state index contributed by atoms with van der Waals surface area (Å²) in [6.07, 6.45) is 0.578. The van der Waals surface area contributed by atoms with Crippen LogP contribution in [0.5, 0.6) is 5.75 Å². The van der Waals surface area contributed by atoms with Crippen LogP contribution >= 0.6 is 0 Å². The lowest BCUT2D eigenvalue weighted by Gasteiger charge is -2.14. The van der Waals surface area contributed by atoms with Crippen molar-refractivity contribution >= 4 is 5.91 Å². The third-order valence-corrected chi connectivity index (χ3v) is 4.60.